The summed E-state index contributed by atoms with van der Waals surface area (Å²) in [6.45, 7) is 6.23. The van der Waals surface area contributed by atoms with Crippen molar-refractivity contribution in [2.45, 2.75) is 31.6 Å². The summed E-state index contributed by atoms with van der Waals surface area (Å²) in [6.07, 6.45) is 2.09. The lowest BCUT2D eigenvalue weighted by atomic mass is 9.83. The van der Waals surface area contributed by atoms with Crippen molar-refractivity contribution >= 4 is 21.6 Å². The summed E-state index contributed by atoms with van der Waals surface area (Å²) in [5.74, 6) is 0. The first-order chi connectivity index (χ1) is 9.32. The fraction of sp³-hybridized carbons (Fsp3) is 0.571. The Balaban J connectivity index is 2.11. The van der Waals surface area contributed by atoms with Crippen molar-refractivity contribution in [2.75, 3.05) is 19.6 Å². The Bertz CT molecular complexity index is 581. The highest BCUT2D eigenvalue weighted by molar-refractivity contribution is 7.89. The van der Waals surface area contributed by atoms with Crippen LogP contribution in [0.4, 0.5) is 0 Å². The number of aryl methyl sites for hydroxylation is 1. The van der Waals surface area contributed by atoms with Crippen LogP contribution in [0.1, 0.15) is 25.3 Å². The number of sulfonamides is 1. The van der Waals surface area contributed by atoms with Crippen molar-refractivity contribution in [3.63, 3.8) is 0 Å². The molecule has 112 valence electrons. The molecule has 0 saturated carbocycles. The van der Waals surface area contributed by atoms with E-state index in [9.17, 15) is 8.42 Å². The molecule has 1 unspecified atom stereocenters. The van der Waals surface area contributed by atoms with E-state index in [1.54, 1.807) is 18.2 Å². The van der Waals surface area contributed by atoms with Gasteiger partial charge < -0.3 is 5.32 Å². The van der Waals surface area contributed by atoms with Gasteiger partial charge in [-0.3, -0.25) is 0 Å². The van der Waals surface area contributed by atoms with Gasteiger partial charge in [0.2, 0.25) is 10.0 Å². The number of hydrogen-bond donors (Lipinski definition) is 2. The van der Waals surface area contributed by atoms with Gasteiger partial charge in [-0.1, -0.05) is 24.6 Å². The van der Waals surface area contributed by atoms with Gasteiger partial charge in [0.25, 0.3) is 0 Å². The first kappa shape index (κ1) is 15.8. The van der Waals surface area contributed by atoms with Crippen molar-refractivity contribution in [3.8, 4) is 0 Å². The Morgan fingerprint density at radius 3 is 2.80 bits per heavy atom. The summed E-state index contributed by atoms with van der Waals surface area (Å²) >= 11 is 6.04. The minimum Gasteiger partial charge on any atom is -0.316 e. The number of hydrogen-bond acceptors (Lipinski definition) is 3. The van der Waals surface area contributed by atoms with Gasteiger partial charge in [0, 0.05) is 13.1 Å². The smallest absolute Gasteiger partial charge is 0.242 e. The summed E-state index contributed by atoms with van der Waals surface area (Å²) < 4.78 is 27.4. The number of benzene rings is 1. The standard InChI is InChI=1S/C14H21ClN2O2S/c1-11-4-5-13(12(15)8-11)20(18,19)17-10-14(2)6-3-7-16-9-14/h4-5,8,16-17H,3,6-7,9-10H2,1-2H3. The van der Waals surface area contributed by atoms with Crippen LogP contribution < -0.4 is 10.0 Å². The molecule has 1 saturated heterocycles. The quantitative estimate of drug-likeness (QED) is 0.896. The Kier molecular flexibility index (Phi) is 4.74. The summed E-state index contributed by atoms with van der Waals surface area (Å²) in [7, 11) is -3.55. The second-order valence-electron chi connectivity index (χ2n) is 5.85. The second kappa shape index (κ2) is 6.02. The maximum Gasteiger partial charge on any atom is 0.242 e. The van der Waals surface area contributed by atoms with E-state index in [0.29, 0.717) is 6.54 Å². The molecule has 0 bridgehead atoms. The van der Waals surface area contributed by atoms with E-state index < -0.39 is 10.0 Å². The minimum absolute atomic E-state index is 0.0392. The van der Waals surface area contributed by atoms with Gasteiger partial charge in [0.1, 0.15) is 4.90 Å². The molecule has 2 N–H and O–H groups in total. The molecule has 0 amide bonds. The molecule has 0 aliphatic carbocycles. The van der Waals surface area contributed by atoms with Gasteiger partial charge >= 0.3 is 0 Å². The molecular weight excluding hydrogens is 296 g/mol. The van der Waals surface area contributed by atoms with E-state index >= 15 is 0 Å². The number of halogens is 1. The molecule has 1 fully saturated rings. The predicted molar refractivity (Wildman–Crippen MR) is 81.6 cm³/mol. The third-order valence-electron chi connectivity index (χ3n) is 3.75. The highest BCUT2D eigenvalue weighted by atomic mass is 35.5. The van der Waals surface area contributed by atoms with Crippen LogP contribution in [0.15, 0.2) is 23.1 Å². The molecular formula is C14H21ClN2O2S. The number of nitrogens with one attached hydrogen (secondary N) is 2. The third-order valence-corrected chi connectivity index (χ3v) is 5.64. The van der Waals surface area contributed by atoms with Crippen LogP contribution in [-0.2, 0) is 10.0 Å². The van der Waals surface area contributed by atoms with Crippen LogP contribution in [0.2, 0.25) is 5.02 Å². The average Bonchev–Trinajstić information content (AvgIpc) is 2.37. The van der Waals surface area contributed by atoms with Crippen LogP contribution in [0, 0.1) is 12.3 Å². The Morgan fingerprint density at radius 1 is 1.45 bits per heavy atom. The van der Waals surface area contributed by atoms with E-state index in [0.717, 1.165) is 31.5 Å². The van der Waals surface area contributed by atoms with E-state index in [1.165, 1.54) is 0 Å². The first-order valence-corrected chi connectivity index (χ1v) is 8.65. The molecule has 1 heterocycles. The Morgan fingerprint density at radius 2 is 2.20 bits per heavy atom. The van der Waals surface area contributed by atoms with Crippen molar-refractivity contribution in [3.05, 3.63) is 28.8 Å². The molecule has 1 aromatic carbocycles. The van der Waals surface area contributed by atoms with Crippen LogP contribution in [-0.4, -0.2) is 28.1 Å². The van der Waals surface area contributed by atoms with Crippen molar-refractivity contribution in [2.24, 2.45) is 5.41 Å². The normalized spacial score (nSPS) is 23.8. The topological polar surface area (TPSA) is 58.2 Å². The lowest BCUT2D eigenvalue weighted by Crippen LogP contribution is -2.45. The number of rotatable bonds is 4. The molecule has 0 radical (unpaired) electrons. The zero-order valence-electron chi connectivity index (χ0n) is 11.9. The maximum atomic E-state index is 12.3. The molecule has 6 heteroatoms. The second-order valence-corrected chi connectivity index (χ2v) is 7.99. The molecule has 20 heavy (non-hydrogen) atoms. The van der Waals surface area contributed by atoms with Crippen molar-refractivity contribution < 1.29 is 8.42 Å². The molecule has 1 atom stereocenters. The molecule has 0 spiro atoms. The fourth-order valence-electron chi connectivity index (χ4n) is 2.44. The van der Waals surface area contributed by atoms with Crippen LogP contribution in [0.5, 0.6) is 0 Å². The molecule has 2 rings (SSSR count). The molecule has 1 aliphatic heterocycles. The fourth-order valence-corrected chi connectivity index (χ4v) is 4.24. The minimum atomic E-state index is -3.55. The predicted octanol–water partition coefficient (Wildman–Crippen LogP) is 2.32. The highest BCUT2D eigenvalue weighted by Crippen LogP contribution is 2.26. The van der Waals surface area contributed by atoms with Crippen LogP contribution in [0.3, 0.4) is 0 Å². The SMILES string of the molecule is Cc1ccc(S(=O)(=O)NCC2(C)CCCNC2)c(Cl)c1. The van der Waals surface area contributed by atoms with E-state index in [4.69, 9.17) is 11.6 Å². The highest BCUT2D eigenvalue weighted by Gasteiger charge is 2.29. The van der Waals surface area contributed by atoms with Gasteiger partial charge in [0.05, 0.1) is 5.02 Å². The maximum absolute atomic E-state index is 12.3. The van der Waals surface area contributed by atoms with Gasteiger partial charge in [-0.25, -0.2) is 13.1 Å². The lowest BCUT2D eigenvalue weighted by Gasteiger charge is -2.34. The summed E-state index contributed by atoms with van der Waals surface area (Å²) in [5, 5.41) is 3.58. The first-order valence-electron chi connectivity index (χ1n) is 6.79. The van der Waals surface area contributed by atoms with Crippen molar-refractivity contribution in [1.29, 1.82) is 0 Å². The zero-order chi connectivity index (χ0) is 14.8. The molecule has 1 aliphatic rings. The van der Waals surface area contributed by atoms with Crippen LogP contribution in [0.25, 0.3) is 0 Å². The van der Waals surface area contributed by atoms with Gasteiger partial charge in [-0.15, -0.1) is 0 Å². The van der Waals surface area contributed by atoms with E-state index in [1.807, 2.05) is 6.92 Å². The van der Waals surface area contributed by atoms with Gasteiger partial charge in [0.15, 0.2) is 0 Å². The molecule has 0 aromatic heterocycles. The van der Waals surface area contributed by atoms with E-state index in [2.05, 4.69) is 17.0 Å². The third kappa shape index (κ3) is 3.73. The van der Waals surface area contributed by atoms with Gasteiger partial charge in [-0.2, -0.15) is 0 Å². The van der Waals surface area contributed by atoms with E-state index in [-0.39, 0.29) is 15.3 Å². The lowest BCUT2D eigenvalue weighted by molar-refractivity contribution is 0.238. The largest absolute Gasteiger partial charge is 0.316 e. The van der Waals surface area contributed by atoms with Gasteiger partial charge in [-0.05, 0) is 49.4 Å². The molecule has 4 nitrogen and oxygen atoms in total. The zero-order valence-corrected chi connectivity index (χ0v) is 13.4. The van der Waals surface area contributed by atoms with Crippen molar-refractivity contribution in [1.82, 2.24) is 10.0 Å². The Hall–Kier alpha value is -0.620. The summed E-state index contributed by atoms with van der Waals surface area (Å²) in [5.41, 5.74) is 0.903. The average molecular weight is 317 g/mol. The number of piperidine rings is 1. The summed E-state index contributed by atoms with van der Waals surface area (Å²) in [4.78, 5) is 0.150. The monoisotopic (exact) mass is 316 g/mol. The van der Waals surface area contributed by atoms with Crippen LogP contribution >= 0.6 is 11.6 Å². The Labute approximate surface area is 126 Å². The summed E-state index contributed by atoms with van der Waals surface area (Å²) in [6, 6.07) is 4.98. The molecule has 1 aromatic rings.